The van der Waals surface area contributed by atoms with Crippen LogP contribution in [-0.4, -0.2) is 28.5 Å². The monoisotopic (exact) mass is 259 g/mol. The van der Waals surface area contributed by atoms with E-state index in [4.69, 9.17) is 5.73 Å². The molecule has 0 bridgehead atoms. The lowest BCUT2D eigenvalue weighted by molar-refractivity contribution is 0.0920. The van der Waals surface area contributed by atoms with Gasteiger partial charge in [0, 0.05) is 24.0 Å². The number of pyridine rings is 1. The van der Waals surface area contributed by atoms with Gasteiger partial charge in [0.2, 0.25) is 0 Å². The van der Waals surface area contributed by atoms with Gasteiger partial charge < -0.3 is 5.73 Å². The first-order chi connectivity index (χ1) is 9.22. The Hall–Kier alpha value is -0.930. The molecule has 1 unspecified atom stereocenters. The zero-order chi connectivity index (χ0) is 13.3. The topological polar surface area (TPSA) is 42.1 Å². The third kappa shape index (κ3) is 2.30. The van der Waals surface area contributed by atoms with Crippen molar-refractivity contribution >= 4 is 0 Å². The highest BCUT2D eigenvalue weighted by Gasteiger charge is 2.45. The first kappa shape index (κ1) is 13.1. The number of nitrogens with zero attached hydrogens (tertiary/aromatic N) is 2. The first-order valence-corrected chi connectivity index (χ1v) is 7.64. The molecule has 0 radical (unpaired) electrons. The maximum atomic E-state index is 6.70. The van der Waals surface area contributed by atoms with E-state index in [0.717, 1.165) is 0 Å². The average molecular weight is 259 g/mol. The van der Waals surface area contributed by atoms with E-state index in [-0.39, 0.29) is 11.6 Å². The van der Waals surface area contributed by atoms with Crippen LogP contribution < -0.4 is 5.73 Å². The molecule has 1 saturated heterocycles. The number of aryl methyl sites for hydroxylation is 1. The summed E-state index contributed by atoms with van der Waals surface area (Å²) in [5.41, 5.74) is 9.33. The fourth-order valence-electron chi connectivity index (χ4n) is 4.03. The molecule has 2 aliphatic rings. The summed E-state index contributed by atoms with van der Waals surface area (Å²) < 4.78 is 0. The largest absolute Gasteiger partial charge is 0.322 e. The minimum absolute atomic E-state index is 0.112. The van der Waals surface area contributed by atoms with Crippen LogP contribution in [0.15, 0.2) is 18.5 Å². The molecule has 2 N–H and O–H groups in total. The Labute approximate surface area is 116 Å². The van der Waals surface area contributed by atoms with Gasteiger partial charge in [0.25, 0.3) is 0 Å². The van der Waals surface area contributed by atoms with E-state index in [9.17, 15) is 0 Å². The molecule has 1 aromatic heterocycles. The van der Waals surface area contributed by atoms with Crippen LogP contribution in [0.1, 0.15) is 55.7 Å². The number of nitrogens with two attached hydrogens (primary N) is 1. The van der Waals surface area contributed by atoms with Gasteiger partial charge in [-0.05, 0) is 56.8 Å². The van der Waals surface area contributed by atoms with E-state index in [1.807, 2.05) is 12.4 Å². The summed E-state index contributed by atoms with van der Waals surface area (Å²) in [5, 5.41) is 0. The van der Waals surface area contributed by atoms with Crippen molar-refractivity contribution in [2.75, 3.05) is 13.1 Å². The maximum Gasteiger partial charge on any atom is 0.0497 e. The summed E-state index contributed by atoms with van der Waals surface area (Å²) >= 11 is 0. The molecule has 0 spiro atoms. The van der Waals surface area contributed by atoms with Crippen molar-refractivity contribution in [3.05, 3.63) is 29.6 Å². The third-order valence-electron chi connectivity index (χ3n) is 5.04. The molecule has 104 valence electrons. The Morgan fingerprint density at radius 3 is 2.47 bits per heavy atom. The third-order valence-corrected chi connectivity index (χ3v) is 5.04. The summed E-state index contributed by atoms with van der Waals surface area (Å²) in [4.78, 5) is 7.01. The molecule has 3 heteroatoms. The number of rotatable bonds is 3. The molecular formula is C16H25N3. The molecule has 3 nitrogen and oxygen atoms in total. The Kier molecular flexibility index (Phi) is 3.59. The van der Waals surface area contributed by atoms with Gasteiger partial charge >= 0.3 is 0 Å². The van der Waals surface area contributed by atoms with E-state index in [1.165, 1.54) is 62.7 Å². The van der Waals surface area contributed by atoms with E-state index >= 15 is 0 Å². The van der Waals surface area contributed by atoms with Crippen LogP contribution in [0.4, 0.5) is 0 Å². The fraction of sp³-hybridized carbons (Fsp3) is 0.688. The molecule has 0 aromatic carbocycles. The molecule has 2 heterocycles. The Balaban J connectivity index is 1.91. The molecule has 19 heavy (non-hydrogen) atoms. The highest BCUT2D eigenvalue weighted by atomic mass is 15.2. The SMILES string of the molecule is Cc1cncc(C(N)C2(N3CCCC3)CCCC2)c1. The number of hydrogen-bond donors (Lipinski definition) is 1. The fourth-order valence-corrected chi connectivity index (χ4v) is 4.03. The number of aromatic nitrogens is 1. The standard InChI is InChI=1S/C16H25N3/c1-13-10-14(12-18-11-13)15(17)16(6-2-3-7-16)19-8-4-5-9-19/h10-12,15H,2-9,17H2,1H3. The van der Waals surface area contributed by atoms with Gasteiger partial charge in [-0.15, -0.1) is 0 Å². The van der Waals surface area contributed by atoms with Gasteiger partial charge in [0.05, 0.1) is 0 Å². The Bertz CT molecular complexity index is 431. The summed E-state index contributed by atoms with van der Waals surface area (Å²) in [6, 6.07) is 2.33. The zero-order valence-electron chi connectivity index (χ0n) is 11.9. The molecule has 3 rings (SSSR count). The quantitative estimate of drug-likeness (QED) is 0.907. The molecule has 1 aliphatic heterocycles. The highest BCUT2D eigenvalue weighted by Crippen LogP contribution is 2.44. The van der Waals surface area contributed by atoms with Crippen molar-refractivity contribution in [1.82, 2.24) is 9.88 Å². The predicted molar refractivity (Wildman–Crippen MR) is 77.9 cm³/mol. The molecule has 1 aromatic rings. The van der Waals surface area contributed by atoms with Crippen LogP contribution in [-0.2, 0) is 0 Å². The molecule has 1 atom stereocenters. The van der Waals surface area contributed by atoms with Crippen LogP contribution in [0.5, 0.6) is 0 Å². The Morgan fingerprint density at radius 2 is 1.84 bits per heavy atom. The first-order valence-electron chi connectivity index (χ1n) is 7.64. The normalized spacial score (nSPS) is 24.7. The van der Waals surface area contributed by atoms with Gasteiger partial charge in [-0.1, -0.05) is 18.9 Å². The van der Waals surface area contributed by atoms with Crippen LogP contribution in [0.2, 0.25) is 0 Å². The van der Waals surface area contributed by atoms with Crippen molar-refractivity contribution in [3.63, 3.8) is 0 Å². The van der Waals surface area contributed by atoms with Crippen LogP contribution in [0.25, 0.3) is 0 Å². The molecule has 1 saturated carbocycles. The van der Waals surface area contributed by atoms with E-state index < -0.39 is 0 Å². The van der Waals surface area contributed by atoms with Gasteiger partial charge in [0.1, 0.15) is 0 Å². The van der Waals surface area contributed by atoms with E-state index in [1.54, 1.807) is 0 Å². The van der Waals surface area contributed by atoms with E-state index in [2.05, 4.69) is 22.9 Å². The van der Waals surface area contributed by atoms with Crippen LogP contribution in [0.3, 0.4) is 0 Å². The minimum atomic E-state index is 0.112. The van der Waals surface area contributed by atoms with Crippen molar-refractivity contribution in [2.45, 2.75) is 57.0 Å². The summed E-state index contributed by atoms with van der Waals surface area (Å²) in [5.74, 6) is 0. The van der Waals surface area contributed by atoms with Crippen molar-refractivity contribution in [2.24, 2.45) is 5.73 Å². The zero-order valence-corrected chi connectivity index (χ0v) is 11.9. The molecule has 1 aliphatic carbocycles. The molecular weight excluding hydrogens is 234 g/mol. The number of hydrogen-bond acceptors (Lipinski definition) is 3. The van der Waals surface area contributed by atoms with Crippen molar-refractivity contribution in [1.29, 1.82) is 0 Å². The van der Waals surface area contributed by atoms with Crippen LogP contribution >= 0.6 is 0 Å². The smallest absolute Gasteiger partial charge is 0.0497 e. The molecule has 2 fully saturated rings. The minimum Gasteiger partial charge on any atom is -0.322 e. The summed E-state index contributed by atoms with van der Waals surface area (Å²) in [7, 11) is 0. The van der Waals surface area contributed by atoms with E-state index in [0.29, 0.717) is 0 Å². The summed E-state index contributed by atoms with van der Waals surface area (Å²) in [6.07, 6.45) is 11.7. The lowest BCUT2D eigenvalue weighted by atomic mass is 9.83. The van der Waals surface area contributed by atoms with Crippen molar-refractivity contribution < 1.29 is 0 Å². The maximum absolute atomic E-state index is 6.70. The lowest BCUT2D eigenvalue weighted by Gasteiger charge is -2.43. The van der Waals surface area contributed by atoms with Gasteiger partial charge in [-0.3, -0.25) is 9.88 Å². The second-order valence-electron chi connectivity index (χ2n) is 6.28. The lowest BCUT2D eigenvalue weighted by Crippen LogP contribution is -2.52. The Morgan fingerprint density at radius 1 is 1.16 bits per heavy atom. The van der Waals surface area contributed by atoms with Crippen molar-refractivity contribution in [3.8, 4) is 0 Å². The van der Waals surface area contributed by atoms with Gasteiger partial charge in [0.15, 0.2) is 0 Å². The molecule has 0 amide bonds. The van der Waals surface area contributed by atoms with Crippen LogP contribution in [0, 0.1) is 6.92 Å². The summed E-state index contributed by atoms with van der Waals surface area (Å²) in [6.45, 7) is 4.56. The highest BCUT2D eigenvalue weighted by molar-refractivity contribution is 5.24. The second-order valence-corrected chi connectivity index (χ2v) is 6.28. The van der Waals surface area contributed by atoms with Gasteiger partial charge in [-0.2, -0.15) is 0 Å². The predicted octanol–water partition coefficient (Wildman–Crippen LogP) is 2.80. The number of likely N-dealkylation sites (tertiary alicyclic amines) is 1. The average Bonchev–Trinajstić information content (AvgIpc) is 3.09. The second kappa shape index (κ2) is 5.22. The van der Waals surface area contributed by atoms with Gasteiger partial charge in [-0.25, -0.2) is 0 Å².